The average Bonchev–Trinajstić information content (AvgIpc) is 2.61. The van der Waals surface area contributed by atoms with Crippen LogP contribution in [0.2, 0.25) is 0 Å². The second-order valence-corrected chi connectivity index (χ2v) is 6.11. The van der Waals surface area contributed by atoms with E-state index in [1.54, 1.807) is 32.9 Å². The summed E-state index contributed by atoms with van der Waals surface area (Å²) in [6, 6.07) is 3.61. The lowest BCUT2D eigenvalue weighted by atomic mass is 9.84. The van der Waals surface area contributed by atoms with Gasteiger partial charge in [0, 0.05) is 22.8 Å². The fourth-order valence-corrected chi connectivity index (χ4v) is 2.87. The lowest BCUT2D eigenvalue weighted by molar-refractivity contribution is -0.139. The van der Waals surface area contributed by atoms with Crippen LogP contribution in [0.3, 0.4) is 0 Å². The van der Waals surface area contributed by atoms with Crippen LogP contribution in [0.4, 0.5) is 10.1 Å². The minimum Gasteiger partial charge on any atom is -0.463 e. The number of nitrogens with zero attached hydrogens (tertiary/aromatic N) is 1. The molecular weight excluding hydrogens is 347 g/mol. The molecule has 1 aromatic rings. The molecule has 1 N–H and O–H groups in total. The number of hydrogen-bond acceptors (Lipinski definition) is 4. The molecule has 0 fully saturated rings. The van der Waals surface area contributed by atoms with Crippen LogP contribution in [-0.2, 0) is 14.3 Å². The zero-order valence-corrected chi connectivity index (χ0v) is 16.3. The Kier molecular flexibility index (Phi) is 8.59. The van der Waals surface area contributed by atoms with E-state index in [0.717, 1.165) is 0 Å². The number of halogens is 1. The second-order valence-electron chi connectivity index (χ2n) is 6.11. The number of nitrogens with one attached hydrogen (secondary N) is 1. The zero-order chi connectivity index (χ0) is 20.6. The molecular formula is C21H27FN2O3. The smallest absolute Gasteiger partial charge is 0.334 e. The highest BCUT2D eigenvalue weighted by molar-refractivity contribution is 6.02. The Morgan fingerprint density at radius 2 is 2.00 bits per heavy atom. The van der Waals surface area contributed by atoms with E-state index in [2.05, 4.69) is 23.6 Å². The van der Waals surface area contributed by atoms with Crippen molar-refractivity contribution in [1.29, 1.82) is 0 Å². The van der Waals surface area contributed by atoms with Gasteiger partial charge in [0.15, 0.2) is 0 Å². The van der Waals surface area contributed by atoms with Crippen LogP contribution in [0.25, 0.3) is 0 Å². The highest BCUT2D eigenvalue weighted by Gasteiger charge is 2.29. The number of amides is 1. The van der Waals surface area contributed by atoms with Crippen molar-refractivity contribution in [2.24, 2.45) is 10.9 Å². The normalized spacial score (nSPS) is 13.4. The highest BCUT2D eigenvalue weighted by atomic mass is 19.1. The molecule has 6 heteroatoms. The minimum absolute atomic E-state index is 0.260. The lowest BCUT2D eigenvalue weighted by Crippen LogP contribution is -2.21. The van der Waals surface area contributed by atoms with Crippen molar-refractivity contribution in [3.63, 3.8) is 0 Å². The molecule has 2 unspecified atom stereocenters. The third kappa shape index (κ3) is 5.88. The van der Waals surface area contributed by atoms with Crippen molar-refractivity contribution >= 4 is 24.3 Å². The third-order valence-electron chi connectivity index (χ3n) is 4.15. The Hall–Kier alpha value is -2.76. The van der Waals surface area contributed by atoms with Gasteiger partial charge in [-0.05, 0) is 57.7 Å². The van der Waals surface area contributed by atoms with E-state index in [9.17, 15) is 14.0 Å². The van der Waals surface area contributed by atoms with Crippen LogP contribution < -0.4 is 5.32 Å². The Balaban J connectivity index is 3.31. The molecule has 146 valence electrons. The van der Waals surface area contributed by atoms with E-state index in [-0.39, 0.29) is 12.5 Å². The zero-order valence-electron chi connectivity index (χ0n) is 16.3. The van der Waals surface area contributed by atoms with Gasteiger partial charge in [-0.3, -0.25) is 9.79 Å². The Bertz CT molecular complexity index is 756. The van der Waals surface area contributed by atoms with Crippen LogP contribution in [0.5, 0.6) is 0 Å². The maximum absolute atomic E-state index is 14.2. The summed E-state index contributed by atoms with van der Waals surface area (Å²) in [6.45, 7) is 14.4. The van der Waals surface area contributed by atoms with Gasteiger partial charge in [-0.1, -0.05) is 19.6 Å². The summed E-state index contributed by atoms with van der Waals surface area (Å²) in [5.41, 5.74) is 1.58. The first kappa shape index (κ1) is 22.3. The molecule has 1 rings (SSSR count). The number of aliphatic imine (C=N–C) groups is 1. The summed E-state index contributed by atoms with van der Waals surface area (Å²) >= 11 is 0. The topological polar surface area (TPSA) is 67.8 Å². The number of esters is 1. The van der Waals surface area contributed by atoms with E-state index in [4.69, 9.17) is 4.74 Å². The predicted octanol–water partition coefficient (Wildman–Crippen LogP) is 4.62. The lowest BCUT2D eigenvalue weighted by Gasteiger charge is -2.25. The molecule has 0 bridgehead atoms. The Morgan fingerprint density at radius 1 is 1.33 bits per heavy atom. The van der Waals surface area contributed by atoms with Gasteiger partial charge in [-0.15, -0.1) is 0 Å². The van der Waals surface area contributed by atoms with Crippen LogP contribution in [0.1, 0.15) is 45.7 Å². The van der Waals surface area contributed by atoms with E-state index in [0.29, 0.717) is 28.8 Å². The van der Waals surface area contributed by atoms with Crippen molar-refractivity contribution < 1.29 is 18.7 Å². The minimum atomic E-state index is -0.568. The van der Waals surface area contributed by atoms with Gasteiger partial charge in [0.1, 0.15) is 5.82 Å². The number of allylic oxidation sites excluding steroid dienone is 1. The summed E-state index contributed by atoms with van der Waals surface area (Å²) in [7, 11) is 0. The van der Waals surface area contributed by atoms with Crippen LogP contribution in [0, 0.1) is 11.7 Å². The number of carbonyl (C=O) groups is 2. The third-order valence-corrected chi connectivity index (χ3v) is 4.15. The number of rotatable bonds is 9. The fourth-order valence-electron chi connectivity index (χ4n) is 2.87. The average molecular weight is 374 g/mol. The molecule has 0 saturated carbocycles. The summed E-state index contributed by atoms with van der Waals surface area (Å²) in [5.74, 6) is -1.68. The maximum atomic E-state index is 14.2. The van der Waals surface area contributed by atoms with Crippen molar-refractivity contribution in [2.75, 3.05) is 11.9 Å². The van der Waals surface area contributed by atoms with E-state index in [1.165, 1.54) is 12.1 Å². The van der Waals surface area contributed by atoms with E-state index >= 15 is 0 Å². The molecule has 5 nitrogen and oxygen atoms in total. The van der Waals surface area contributed by atoms with Gasteiger partial charge in [0.25, 0.3) is 5.91 Å². The molecule has 0 heterocycles. The molecule has 1 aromatic carbocycles. The first-order valence-corrected chi connectivity index (χ1v) is 8.85. The van der Waals surface area contributed by atoms with Crippen molar-refractivity contribution in [2.45, 2.75) is 40.2 Å². The van der Waals surface area contributed by atoms with E-state index < -0.39 is 23.7 Å². The molecule has 0 aromatic heterocycles. The number of ether oxygens (including phenoxy) is 1. The summed E-state index contributed by atoms with van der Waals surface area (Å²) < 4.78 is 19.3. The first-order valence-electron chi connectivity index (χ1n) is 8.85. The predicted molar refractivity (Wildman–Crippen MR) is 106 cm³/mol. The molecule has 0 aliphatic carbocycles. The second kappa shape index (κ2) is 10.4. The molecule has 0 spiro atoms. The van der Waals surface area contributed by atoms with Crippen LogP contribution in [-0.4, -0.2) is 25.2 Å². The Morgan fingerprint density at radius 3 is 2.48 bits per heavy atom. The maximum Gasteiger partial charge on any atom is 0.334 e. The quantitative estimate of drug-likeness (QED) is 0.390. The van der Waals surface area contributed by atoms with Gasteiger partial charge < -0.3 is 10.1 Å². The van der Waals surface area contributed by atoms with Gasteiger partial charge in [-0.25, -0.2) is 9.18 Å². The number of benzene rings is 1. The first-order chi connectivity index (χ1) is 12.8. The molecule has 1 amide bonds. The van der Waals surface area contributed by atoms with Crippen molar-refractivity contribution in [3.05, 3.63) is 53.4 Å². The van der Waals surface area contributed by atoms with Gasteiger partial charge in [0.05, 0.1) is 12.6 Å². The molecule has 0 radical (unpaired) electrons. The SMILES string of the molecule is C=NC(c1cc(F)cc(NC(=O)C(=C)C)c1)C(CC)C(=CC)C(=O)OCC. The largest absolute Gasteiger partial charge is 0.463 e. The summed E-state index contributed by atoms with van der Waals surface area (Å²) in [5, 5.41) is 2.60. The number of hydrogen-bond donors (Lipinski definition) is 1. The summed E-state index contributed by atoms with van der Waals surface area (Å²) in [4.78, 5) is 28.3. The molecule has 27 heavy (non-hydrogen) atoms. The highest BCUT2D eigenvalue weighted by Crippen LogP contribution is 2.35. The molecule has 0 aliphatic heterocycles. The van der Waals surface area contributed by atoms with Crippen LogP contribution in [0.15, 0.2) is 47.0 Å². The molecule has 2 atom stereocenters. The molecule has 0 aliphatic rings. The van der Waals surface area contributed by atoms with Gasteiger partial charge in [-0.2, -0.15) is 0 Å². The number of anilines is 1. The van der Waals surface area contributed by atoms with Crippen molar-refractivity contribution in [3.8, 4) is 0 Å². The number of carbonyl (C=O) groups excluding carboxylic acids is 2. The summed E-state index contributed by atoms with van der Waals surface area (Å²) in [6.07, 6.45) is 2.26. The van der Waals surface area contributed by atoms with Gasteiger partial charge in [0.2, 0.25) is 0 Å². The van der Waals surface area contributed by atoms with Gasteiger partial charge >= 0.3 is 5.97 Å². The van der Waals surface area contributed by atoms with Crippen LogP contribution >= 0.6 is 0 Å². The fraction of sp³-hybridized carbons (Fsp3) is 0.381. The monoisotopic (exact) mass is 374 g/mol. The van der Waals surface area contributed by atoms with E-state index in [1.807, 2.05) is 6.92 Å². The Labute approximate surface area is 160 Å². The standard InChI is InChI=1S/C21H27FN2O3/c1-7-17(18(8-2)21(26)27-9-3)19(23-6)14-10-15(22)12-16(11-14)24-20(25)13(4)5/h8,10-12,17,19H,4,6-7,9H2,1-3,5H3,(H,24,25). The molecule has 0 saturated heterocycles. The van der Waals surface area contributed by atoms with Crippen molar-refractivity contribution in [1.82, 2.24) is 0 Å².